The fraction of sp³-hybridized carbons (Fsp3) is 0.200. The van der Waals surface area contributed by atoms with Crippen LogP contribution in [0.25, 0.3) is 0 Å². The molecule has 0 saturated heterocycles. The Balaban J connectivity index is 2.52. The van der Waals surface area contributed by atoms with Crippen molar-refractivity contribution in [3.63, 3.8) is 0 Å². The Morgan fingerprint density at radius 1 is 0.905 bits per heavy atom. The number of benzene rings is 2. The second-order valence-corrected chi connectivity index (χ2v) is 7.71. The van der Waals surface area contributed by atoms with Crippen LogP contribution in [-0.2, 0) is 0 Å². The van der Waals surface area contributed by atoms with Crippen LogP contribution < -0.4 is 9.47 Å². The summed E-state index contributed by atoms with van der Waals surface area (Å²) < 4.78 is 13.7. The molecule has 0 bridgehead atoms. The van der Waals surface area contributed by atoms with E-state index in [1.54, 1.807) is 14.2 Å². The van der Waals surface area contributed by atoms with Crippen LogP contribution in [0, 0.1) is 0 Å². The zero-order valence-electron chi connectivity index (χ0n) is 11.3. The van der Waals surface area contributed by atoms with Crippen molar-refractivity contribution >= 4 is 63.7 Å². The van der Waals surface area contributed by atoms with Crippen molar-refractivity contribution in [2.24, 2.45) is 0 Å². The van der Waals surface area contributed by atoms with Crippen LogP contribution in [-0.4, -0.2) is 14.2 Å². The zero-order valence-corrected chi connectivity index (χ0v) is 17.6. The quantitative estimate of drug-likeness (QED) is 0.411. The molecule has 0 N–H and O–H groups in total. The van der Waals surface area contributed by atoms with Crippen molar-refractivity contribution in [1.82, 2.24) is 0 Å². The standard InChI is InChI=1S/C15H12Br4O2/c1-20-12-6-5-10(15(21-2)14(12)19)13(18)9-4-3-8(16)7-11(9)17/h3-7,13H,1-2H3. The number of halogens is 4. The van der Waals surface area contributed by atoms with Gasteiger partial charge in [0.2, 0.25) is 0 Å². The third kappa shape index (κ3) is 3.66. The van der Waals surface area contributed by atoms with E-state index in [4.69, 9.17) is 9.47 Å². The number of ether oxygens (including phenoxy) is 2. The molecule has 1 unspecified atom stereocenters. The molecule has 0 fully saturated rings. The van der Waals surface area contributed by atoms with Gasteiger partial charge >= 0.3 is 0 Å². The molecule has 6 heteroatoms. The molecule has 112 valence electrons. The summed E-state index contributed by atoms with van der Waals surface area (Å²) in [6.45, 7) is 0. The molecule has 2 nitrogen and oxygen atoms in total. The lowest BCUT2D eigenvalue weighted by Gasteiger charge is -2.18. The molecule has 2 aromatic rings. The minimum atomic E-state index is -0.00266. The van der Waals surface area contributed by atoms with Gasteiger partial charge < -0.3 is 9.47 Å². The van der Waals surface area contributed by atoms with Crippen molar-refractivity contribution in [3.05, 3.63) is 54.9 Å². The first kappa shape index (κ1) is 17.3. The first-order valence-electron chi connectivity index (χ1n) is 5.99. The average molecular weight is 544 g/mol. The summed E-state index contributed by atoms with van der Waals surface area (Å²) in [5.74, 6) is 1.50. The molecule has 0 aliphatic rings. The van der Waals surface area contributed by atoms with Crippen LogP contribution in [0.15, 0.2) is 43.7 Å². The lowest BCUT2D eigenvalue weighted by molar-refractivity contribution is 0.386. The van der Waals surface area contributed by atoms with E-state index < -0.39 is 0 Å². The van der Waals surface area contributed by atoms with E-state index in [1.165, 1.54) is 0 Å². The topological polar surface area (TPSA) is 18.5 Å². The number of methoxy groups -OCH3 is 2. The zero-order chi connectivity index (χ0) is 15.6. The van der Waals surface area contributed by atoms with E-state index in [-0.39, 0.29) is 4.83 Å². The van der Waals surface area contributed by atoms with Crippen LogP contribution >= 0.6 is 63.7 Å². The second kappa shape index (κ2) is 7.49. The van der Waals surface area contributed by atoms with Crippen molar-refractivity contribution in [2.45, 2.75) is 4.83 Å². The summed E-state index contributed by atoms with van der Waals surface area (Å²) in [6.07, 6.45) is 0. The molecule has 21 heavy (non-hydrogen) atoms. The third-order valence-corrected chi connectivity index (χ3v) is 5.94. The maximum absolute atomic E-state index is 5.54. The fourth-order valence-corrected chi connectivity index (χ4v) is 5.02. The molecule has 0 spiro atoms. The van der Waals surface area contributed by atoms with E-state index in [9.17, 15) is 0 Å². The highest BCUT2D eigenvalue weighted by molar-refractivity contribution is 9.11. The van der Waals surface area contributed by atoms with Crippen molar-refractivity contribution < 1.29 is 9.47 Å². The Labute approximate surface area is 157 Å². The van der Waals surface area contributed by atoms with E-state index in [0.717, 1.165) is 36.0 Å². The van der Waals surface area contributed by atoms with Gasteiger partial charge in [0, 0.05) is 14.5 Å². The summed E-state index contributed by atoms with van der Waals surface area (Å²) in [5, 5.41) is 0. The van der Waals surface area contributed by atoms with E-state index in [0.29, 0.717) is 0 Å². The summed E-state index contributed by atoms with van der Waals surface area (Å²) in [4.78, 5) is -0.00266. The summed E-state index contributed by atoms with van der Waals surface area (Å²) in [5.41, 5.74) is 2.14. The number of hydrogen-bond donors (Lipinski definition) is 0. The summed E-state index contributed by atoms with van der Waals surface area (Å²) in [7, 11) is 3.29. The molecule has 0 heterocycles. The highest BCUT2D eigenvalue weighted by Crippen LogP contribution is 2.45. The van der Waals surface area contributed by atoms with Gasteiger partial charge in [-0.05, 0) is 39.7 Å². The van der Waals surface area contributed by atoms with Gasteiger partial charge in [0.15, 0.2) is 0 Å². The molecule has 2 aromatic carbocycles. The largest absolute Gasteiger partial charge is 0.495 e. The molecule has 1 atom stereocenters. The maximum Gasteiger partial charge on any atom is 0.141 e. The predicted molar refractivity (Wildman–Crippen MR) is 99.9 cm³/mol. The van der Waals surface area contributed by atoms with Gasteiger partial charge in [-0.3, -0.25) is 0 Å². The normalized spacial score (nSPS) is 12.1. The Morgan fingerprint density at radius 2 is 1.57 bits per heavy atom. The second-order valence-electron chi connectivity index (χ2n) is 4.23. The molecular weight excluding hydrogens is 532 g/mol. The predicted octanol–water partition coefficient (Wildman–Crippen LogP) is 6.48. The highest BCUT2D eigenvalue weighted by Gasteiger charge is 2.21. The first-order valence-corrected chi connectivity index (χ1v) is 9.28. The van der Waals surface area contributed by atoms with E-state index in [1.807, 2.05) is 24.3 Å². The maximum atomic E-state index is 5.54. The molecular formula is C15H12Br4O2. The van der Waals surface area contributed by atoms with Gasteiger partial charge in [-0.2, -0.15) is 0 Å². The first-order chi connectivity index (χ1) is 9.99. The highest BCUT2D eigenvalue weighted by atomic mass is 79.9. The lowest BCUT2D eigenvalue weighted by atomic mass is 10.0. The number of rotatable bonds is 4. The summed E-state index contributed by atoms with van der Waals surface area (Å²) >= 11 is 14.4. The van der Waals surface area contributed by atoms with Gasteiger partial charge in [-0.15, -0.1) is 0 Å². The van der Waals surface area contributed by atoms with Crippen LogP contribution in [0.1, 0.15) is 16.0 Å². The van der Waals surface area contributed by atoms with Crippen LogP contribution in [0.2, 0.25) is 0 Å². The SMILES string of the molecule is COc1ccc(C(Br)c2ccc(Br)cc2Br)c(OC)c1Br. The Morgan fingerprint density at radius 3 is 2.14 bits per heavy atom. The molecule has 2 rings (SSSR count). The Bertz CT molecular complexity index is 658. The monoisotopic (exact) mass is 540 g/mol. The van der Waals surface area contributed by atoms with Gasteiger partial charge in [-0.25, -0.2) is 0 Å². The Kier molecular flexibility index (Phi) is 6.17. The van der Waals surface area contributed by atoms with Crippen molar-refractivity contribution in [3.8, 4) is 11.5 Å². The van der Waals surface area contributed by atoms with Gasteiger partial charge in [0.1, 0.15) is 16.0 Å². The molecule has 0 aromatic heterocycles. The average Bonchev–Trinajstić information content (AvgIpc) is 2.46. The van der Waals surface area contributed by atoms with E-state index in [2.05, 4.69) is 69.8 Å². The third-order valence-electron chi connectivity index (χ3n) is 3.02. The lowest BCUT2D eigenvalue weighted by Crippen LogP contribution is -2.00. The fourth-order valence-electron chi connectivity index (χ4n) is 1.99. The Hall–Kier alpha value is -0.0400. The molecule has 0 saturated carbocycles. The van der Waals surface area contributed by atoms with Crippen LogP contribution in [0.3, 0.4) is 0 Å². The van der Waals surface area contributed by atoms with Gasteiger partial charge in [0.05, 0.1) is 19.0 Å². The molecule has 0 aliphatic carbocycles. The van der Waals surface area contributed by atoms with Gasteiger partial charge in [0.25, 0.3) is 0 Å². The summed E-state index contributed by atoms with van der Waals surface area (Å²) in [6, 6.07) is 10.0. The van der Waals surface area contributed by atoms with Crippen LogP contribution in [0.5, 0.6) is 11.5 Å². The number of alkyl halides is 1. The minimum Gasteiger partial charge on any atom is -0.495 e. The van der Waals surface area contributed by atoms with Crippen LogP contribution in [0.4, 0.5) is 0 Å². The minimum absolute atomic E-state index is 0.00266. The smallest absolute Gasteiger partial charge is 0.141 e. The van der Waals surface area contributed by atoms with Crippen molar-refractivity contribution in [2.75, 3.05) is 14.2 Å². The molecule has 0 amide bonds. The molecule has 0 radical (unpaired) electrons. The van der Waals surface area contributed by atoms with Gasteiger partial charge in [-0.1, -0.05) is 59.9 Å². The number of hydrogen-bond acceptors (Lipinski definition) is 2. The van der Waals surface area contributed by atoms with Crippen molar-refractivity contribution in [1.29, 1.82) is 0 Å². The molecule has 0 aliphatic heterocycles. The van der Waals surface area contributed by atoms with E-state index >= 15 is 0 Å².